The summed E-state index contributed by atoms with van der Waals surface area (Å²) in [5.41, 5.74) is 8.64. The quantitative estimate of drug-likeness (QED) is 0.662. The van der Waals surface area contributed by atoms with E-state index < -0.39 is 0 Å². The van der Waals surface area contributed by atoms with Crippen LogP contribution in [0.15, 0.2) is 24.3 Å². The van der Waals surface area contributed by atoms with Crippen LogP contribution in [-0.4, -0.2) is 0 Å². The first-order chi connectivity index (χ1) is 10.2. The lowest BCUT2D eigenvalue weighted by atomic mass is 9.97. The van der Waals surface area contributed by atoms with Crippen molar-refractivity contribution in [1.29, 1.82) is 0 Å². The standard InChI is InChI=1S/C18H24N2S/c1-12-7-8-14(9-13(12)2)10-16(20-19)18-11-15-5-3-4-6-17(15)21-18/h7-9,11,16,20H,3-6,10,19H2,1-2H3. The van der Waals surface area contributed by atoms with Crippen molar-refractivity contribution in [3.05, 3.63) is 56.3 Å². The summed E-state index contributed by atoms with van der Waals surface area (Å²) in [5, 5.41) is 0. The van der Waals surface area contributed by atoms with Crippen molar-refractivity contribution in [2.24, 2.45) is 5.84 Å². The van der Waals surface area contributed by atoms with Gasteiger partial charge >= 0.3 is 0 Å². The first kappa shape index (κ1) is 14.8. The largest absolute Gasteiger partial charge is 0.271 e. The zero-order valence-electron chi connectivity index (χ0n) is 12.9. The van der Waals surface area contributed by atoms with Gasteiger partial charge in [-0.2, -0.15) is 0 Å². The van der Waals surface area contributed by atoms with Crippen molar-refractivity contribution in [1.82, 2.24) is 5.43 Å². The van der Waals surface area contributed by atoms with Gasteiger partial charge in [0.15, 0.2) is 0 Å². The monoisotopic (exact) mass is 300 g/mol. The minimum Gasteiger partial charge on any atom is -0.271 e. The second-order valence-corrected chi connectivity index (χ2v) is 7.31. The van der Waals surface area contributed by atoms with E-state index in [0.717, 1.165) is 6.42 Å². The highest BCUT2D eigenvalue weighted by atomic mass is 32.1. The molecule has 3 rings (SSSR count). The van der Waals surface area contributed by atoms with Gasteiger partial charge in [0.1, 0.15) is 0 Å². The van der Waals surface area contributed by atoms with E-state index >= 15 is 0 Å². The molecule has 2 nitrogen and oxygen atoms in total. The van der Waals surface area contributed by atoms with Gasteiger partial charge in [-0.1, -0.05) is 18.2 Å². The first-order valence-electron chi connectivity index (χ1n) is 7.81. The third-order valence-corrected chi connectivity index (χ3v) is 5.92. The molecular formula is C18H24N2S. The highest BCUT2D eigenvalue weighted by Crippen LogP contribution is 2.33. The molecule has 0 bridgehead atoms. The summed E-state index contributed by atoms with van der Waals surface area (Å²) < 4.78 is 0. The summed E-state index contributed by atoms with van der Waals surface area (Å²) in [6.07, 6.45) is 6.12. The van der Waals surface area contributed by atoms with Crippen molar-refractivity contribution in [3.8, 4) is 0 Å². The number of nitrogens with two attached hydrogens (primary N) is 1. The molecule has 1 unspecified atom stereocenters. The number of aryl methyl sites for hydroxylation is 4. The maximum atomic E-state index is 5.84. The smallest absolute Gasteiger partial charge is 0.0593 e. The number of hydrogen-bond acceptors (Lipinski definition) is 3. The van der Waals surface area contributed by atoms with Gasteiger partial charge in [0.25, 0.3) is 0 Å². The molecule has 0 amide bonds. The first-order valence-corrected chi connectivity index (χ1v) is 8.63. The molecule has 1 aromatic carbocycles. The van der Waals surface area contributed by atoms with E-state index in [1.54, 1.807) is 10.4 Å². The van der Waals surface area contributed by atoms with Crippen molar-refractivity contribution >= 4 is 11.3 Å². The lowest BCUT2D eigenvalue weighted by Gasteiger charge is -2.15. The fourth-order valence-corrected chi connectivity index (χ4v) is 4.41. The number of fused-ring (bicyclic) bond motifs is 1. The summed E-state index contributed by atoms with van der Waals surface area (Å²) in [6, 6.07) is 9.32. The molecule has 0 aliphatic heterocycles. The molecule has 0 saturated carbocycles. The fraction of sp³-hybridized carbons (Fsp3) is 0.444. The van der Waals surface area contributed by atoms with Gasteiger partial charge in [0.2, 0.25) is 0 Å². The molecule has 1 atom stereocenters. The molecule has 0 fully saturated rings. The summed E-state index contributed by atoms with van der Waals surface area (Å²) in [4.78, 5) is 2.97. The minimum atomic E-state index is 0.225. The third kappa shape index (κ3) is 3.20. The highest BCUT2D eigenvalue weighted by Gasteiger charge is 2.19. The van der Waals surface area contributed by atoms with Gasteiger partial charge in [-0.05, 0) is 74.3 Å². The molecule has 2 aromatic rings. The Balaban J connectivity index is 1.81. The van der Waals surface area contributed by atoms with Crippen molar-refractivity contribution < 1.29 is 0 Å². The van der Waals surface area contributed by atoms with Crippen LogP contribution in [0.5, 0.6) is 0 Å². The van der Waals surface area contributed by atoms with E-state index in [4.69, 9.17) is 5.84 Å². The Hall–Kier alpha value is -1.16. The number of hydrazine groups is 1. The average molecular weight is 300 g/mol. The lowest BCUT2D eigenvalue weighted by molar-refractivity contribution is 0.560. The molecule has 1 aromatic heterocycles. The number of nitrogens with one attached hydrogen (secondary N) is 1. The lowest BCUT2D eigenvalue weighted by Crippen LogP contribution is -2.29. The third-order valence-electron chi connectivity index (χ3n) is 4.57. The number of thiophene rings is 1. The minimum absolute atomic E-state index is 0.225. The van der Waals surface area contributed by atoms with Crippen LogP contribution in [0, 0.1) is 13.8 Å². The molecule has 1 aliphatic rings. The normalized spacial score (nSPS) is 15.8. The van der Waals surface area contributed by atoms with Crippen LogP contribution in [0.25, 0.3) is 0 Å². The summed E-state index contributed by atoms with van der Waals surface area (Å²) in [5.74, 6) is 5.84. The predicted molar refractivity (Wildman–Crippen MR) is 90.6 cm³/mol. The van der Waals surface area contributed by atoms with Crippen LogP contribution in [0.3, 0.4) is 0 Å². The van der Waals surface area contributed by atoms with Gasteiger partial charge in [0, 0.05) is 9.75 Å². The molecular weight excluding hydrogens is 276 g/mol. The van der Waals surface area contributed by atoms with Gasteiger partial charge < -0.3 is 0 Å². The molecule has 0 radical (unpaired) electrons. The fourth-order valence-electron chi connectivity index (χ4n) is 3.09. The van der Waals surface area contributed by atoms with Gasteiger partial charge in [-0.25, -0.2) is 0 Å². The van der Waals surface area contributed by atoms with E-state index in [0.29, 0.717) is 0 Å². The topological polar surface area (TPSA) is 38.0 Å². The Kier molecular flexibility index (Phi) is 4.43. The SMILES string of the molecule is Cc1ccc(CC(NN)c2cc3c(s2)CCCC3)cc1C. The molecule has 1 heterocycles. The predicted octanol–water partition coefficient (Wildman–Crippen LogP) is 3.99. The van der Waals surface area contributed by atoms with Crippen LogP contribution in [0.4, 0.5) is 0 Å². The van der Waals surface area contributed by atoms with Gasteiger partial charge in [0.05, 0.1) is 6.04 Å². The van der Waals surface area contributed by atoms with E-state index in [-0.39, 0.29) is 6.04 Å². The van der Waals surface area contributed by atoms with Crippen LogP contribution in [-0.2, 0) is 19.3 Å². The zero-order chi connectivity index (χ0) is 14.8. The molecule has 21 heavy (non-hydrogen) atoms. The molecule has 1 aliphatic carbocycles. The Bertz CT molecular complexity index is 607. The number of rotatable bonds is 4. The molecule has 0 spiro atoms. The summed E-state index contributed by atoms with van der Waals surface area (Å²) in [6.45, 7) is 4.33. The van der Waals surface area contributed by atoms with Crippen LogP contribution in [0.1, 0.15) is 50.9 Å². The molecule has 3 heteroatoms. The van der Waals surface area contributed by atoms with Crippen LogP contribution >= 0.6 is 11.3 Å². The van der Waals surface area contributed by atoms with Gasteiger partial charge in [-0.3, -0.25) is 11.3 Å². The average Bonchev–Trinajstić information content (AvgIpc) is 2.92. The van der Waals surface area contributed by atoms with Crippen LogP contribution in [0.2, 0.25) is 0 Å². The van der Waals surface area contributed by atoms with Crippen molar-refractivity contribution in [3.63, 3.8) is 0 Å². The number of benzene rings is 1. The highest BCUT2D eigenvalue weighted by molar-refractivity contribution is 7.12. The Morgan fingerprint density at radius 3 is 2.67 bits per heavy atom. The molecule has 3 N–H and O–H groups in total. The van der Waals surface area contributed by atoms with Crippen LogP contribution < -0.4 is 11.3 Å². The van der Waals surface area contributed by atoms with Gasteiger partial charge in [-0.15, -0.1) is 11.3 Å². The molecule has 112 valence electrons. The Morgan fingerprint density at radius 2 is 1.95 bits per heavy atom. The maximum Gasteiger partial charge on any atom is 0.0593 e. The Labute approximate surface area is 131 Å². The maximum absolute atomic E-state index is 5.84. The van der Waals surface area contributed by atoms with E-state index in [1.807, 2.05) is 11.3 Å². The zero-order valence-corrected chi connectivity index (χ0v) is 13.7. The second-order valence-electron chi connectivity index (χ2n) is 6.15. The van der Waals surface area contributed by atoms with E-state index in [2.05, 4.69) is 43.5 Å². The summed E-state index contributed by atoms with van der Waals surface area (Å²) >= 11 is 1.95. The van der Waals surface area contributed by atoms with E-state index in [1.165, 1.54) is 47.3 Å². The van der Waals surface area contributed by atoms with Crippen molar-refractivity contribution in [2.75, 3.05) is 0 Å². The molecule has 0 saturated heterocycles. The second kappa shape index (κ2) is 6.30. The van der Waals surface area contributed by atoms with Crippen molar-refractivity contribution in [2.45, 2.75) is 52.0 Å². The number of hydrogen-bond donors (Lipinski definition) is 2. The Morgan fingerprint density at radius 1 is 1.14 bits per heavy atom. The summed E-state index contributed by atoms with van der Waals surface area (Å²) in [7, 11) is 0. The van der Waals surface area contributed by atoms with E-state index in [9.17, 15) is 0 Å².